The van der Waals surface area contributed by atoms with Crippen LogP contribution in [0.2, 0.25) is 0 Å². The smallest absolute Gasteiger partial charge is 0.167 e. The fourth-order valence-electron chi connectivity index (χ4n) is 7.11. The Kier molecular flexibility index (Phi) is 6.15. The predicted molar refractivity (Wildman–Crippen MR) is 201 cm³/mol. The van der Waals surface area contributed by atoms with E-state index in [2.05, 4.69) is 127 Å². The molecule has 4 heteroatoms. The highest BCUT2D eigenvalue weighted by Crippen LogP contribution is 2.37. The first-order valence-corrected chi connectivity index (χ1v) is 16.4. The highest BCUT2D eigenvalue weighted by molar-refractivity contribution is 6.17. The highest BCUT2D eigenvalue weighted by atomic mass is 16.3. The second kappa shape index (κ2) is 11.0. The van der Waals surface area contributed by atoms with Crippen molar-refractivity contribution in [3.8, 4) is 45.3 Å². The van der Waals surface area contributed by atoms with Crippen LogP contribution in [0.25, 0.3) is 99.5 Å². The van der Waals surface area contributed by atoms with Crippen LogP contribution in [-0.4, -0.2) is 15.0 Å². The molecule has 0 aliphatic rings. The number of benzene rings is 8. The molecule has 0 radical (unpaired) electrons. The lowest BCUT2D eigenvalue weighted by molar-refractivity contribution is 0.669. The summed E-state index contributed by atoms with van der Waals surface area (Å²) >= 11 is 0. The van der Waals surface area contributed by atoms with Crippen LogP contribution in [-0.2, 0) is 0 Å². The number of hydrogen-bond donors (Lipinski definition) is 0. The Labute approximate surface area is 282 Å². The Bertz CT molecular complexity index is 2890. The lowest BCUT2D eigenvalue weighted by Gasteiger charge is -2.11. The Morgan fingerprint density at radius 1 is 0.327 bits per heavy atom. The number of hydrogen-bond acceptors (Lipinski definition) is 4. The van der Waals surface area contributed by atoms with Gasteiger partial charge in [-0.3, -0.25) is 0 Å². The molecule has 228 valence electrons. The van der Waals surface area contributed by atoms with E-state index in [0.717, 1.165) is 55.1 Å². The van der Waals surface area contributed by atoms with Gasteiger partial charge in [-0.05, 0) is 67.7 Å². The summed E-state index contributed by atoms with van der Waals surface area (Å²) in [6.07, 6.45) is 0. The van der Waals surface area contributed by atoms with Gasteiger partial charge in [-0.2, -0.15) is 0 Å². The molecular formula is C45H27N3O. The van der Waals surface area contributed by atoms with Gasteiger partial charge >= 0.3 is 0 Å². The SMILES string of the molecule is c1ccc(-c2cccc(-c3nc(-c4ccc5c(ccc6c7ccccc7ccc56)c4)nc(-c4cccc5c4oc4ccccc45)n3)c2)cc1. The van der Waals surface area contributed by atoms with E-state index in [1.165, 1.54) is 26.9 Å². The van der Waals surface area contributed by atoms with Crippen molar-refractivity contribution in [1.82, 2.24) is 15.0 Å². The molecule has 10 rings (SSSR count). The van der Waals surface area contributed by atoms with Crippen molar-refractivity contribution < 1.29 is 4.42 Å². The summed E-state index contributed by atoms with van der Waals surface area (Å²) < 4.78 is 6.43. The van der Waals surface area contributed by atoms with Crippen LogP contribution < -0.4 is 0 Å². The quantitative estimate of drug-likeness (QED) is 0.183. The van der Waals surface area contributed by atoms with Gasteiger partial charge < -0.3 is 4.42 Å². The molecule has 0 unspecified atom stereocenters. The van der Waals surface area contributed by atoms with Gasteiger partial charge in [0.05, 0.1) is 5.56 Å². The van der Waals surface area contributed by atoms with Crippen molar-refractivity contribution in [2.45, 2.75) is 0 Å². The molecule has 49 heavy (non-hydrogen) atoms. The van der Waals surface area contributed by atoms with Crippen molar-refractivity contribution >= 4 is 54.3 Å². The van der Waals surface area contributed by atoms with E-state index in [0.29, 0.717) is 17.5 Å². The zero-order valence-corrected chi connectivity index (χ0v) is 26.3. The normalized spacial score (nSPS) is 11.7. The molecular weight excluding hydrogens is 599 g/mol. The van der Waals surface area contributed by atoms with Crippen LogP contribution in [0.4, 0.5) is 0 Å². The second-order valence-corrected chi connectivity index (χ2v) is 12.4. The number of nitrogens with zero attached hydrogens (tertiary/aromatic N) is 3. The van der Waals surface area contributed by atoms with Gasteiger partial charge in [0, 0.05) is 21.9 Å². The number of fused-ring (bicyclic) bond motifs is 8. The third kappa shape index (κ3) is 4.57. The standard InChI is InChI=1S/C45H27N3O/c1-2-10-28(11-3-1)30-13-8-14-32(26-30)43-46-44(48-45(47-43)40-18-9-17-39-38-16-6-7-19-41(38)49-42(39)40)33-22-23-35-31(27-33)21-25-36-34-15-5-4-12-29(34)20-24-37(35)36/h1-27H. The van der Waals surface area contributed by atoms with Crippen molar-refractivity contribution in [3.63, 3.8) is 0 Å². The molecule has 0 N–H and O–H groups in total. The van der Waals surface area contributed by atoms with E-state index in [-0.39, 0.29) is 0 Å². The van der Waals surface area contributed by atoms with Crippen molar-refractivity contribution in [2.75, 3.05) is 0 Å². The third-order valence-electron chi connectivity index (χ3n) is 9.51. The zero-order chi connectivity index (χ0) is 32.3. The molecule has 0 fully saturated rings. The van der Waals surface area contributed by atoms with E-state index in [4.69, 9.17) is 19.4 Å². The molecule has 2 heterocycles. The fraction of sp³-hybridized carbons (Fsp3) is 0. The molecule has 2 aromatic heterocycles. The number of furan rings is 1. The first-order chi connectivity index (χ1) is 24.3. The van der Waals surface area contributed by atoms with Gasteiger partial charge in [-0.1, -0.05) is 140 Å². The Balaban J connectivity index is 1.18. The minimum absolute atomic E-state index is 0.569. The highest BCUT2D eigenvalue weighted by Gasteiger charge is 2.18. The van der Waals surface area contributed by atoms with Crippen LogP contribution >= 0.6 is 0 Å². The summed E-state index contributed by atoms with van der Waals surface area (Å²) in [6.45, 7) is 0. The molecule has 0 aliphatic carbocycles. The van der Waals surface area contributed by atoms with Crippen molar-refractivity contribution in [3.05, 3.63) is 164 Å². The van der Waals surface area contributed by atoms with Gasteiger partial charge in [0.2, 0.25) is 0 Å². The monoisotopic (exact) mass is 625 g/mol. The van der Waals surface area contributed by atoms with Crippen LogP contribution in [0.15, 0.2) is 168 Å². The van der Waals surface area contributed by atoms with E-state index in [1.807, 2.05) is 36.4 Å². The van der Waals surface area contributed by atoms with Gasteiger partial charge in [-0.25, -0.2) is 15.0 Å². The van der Waals surface area contributed by atoms with Gasteiger partial charge in [0.1, 0.15) is 11.2 Å². The van der Waals surface area contributed by atoms with E-state index in [1.54, 1.807) is 0 Å². The fourth-order valence-corrected chi connectivity index (χ4v) is 7.11. The van der Waals surface area contributed by atoms with Crippen LogP contribution in [0.1, 0.15) is 0 Å². The maximum absolute atomic E-state index is 6.43. The molecule has 0 spiro atoms. The van der Waals surface area contributed by atoms with Gasteiger partial charge in [-0.15, -0.1) is 0 Å². The van der Waals surface area contributed by atoms with E-state index in [9.17, 15) is 0 Å². The van der Waals surface area contributed by atoms with E-state index < -0.39 is 0 Å². The van der Waals surface area contributed by atoms with Crippen molar-refractivity contribution in [2.24, 2.45) is 0 Å². The summed E-state index contributed by atoms with van der Waals surface area (Å²) in [5.74, 6) is 1.79. The Morgan fingerprint density at radius 2 is 0.918 bits per heavy atom. The maximum atomic E-state index is 6.43. The number of aromatic nitrogens is 3. The minimum Gasteiger partial charge on any atom is -0.455 e. The van der Waals surface area contributed by atoms with Crippen LogP contribution in [0.5, 0.6) is 0 Å². The summed E-state index contributed by atoms with van der Waals surface area (Å²) in [6, 6.07) is 57.0. The average Bonchev–Trinajstić information content (AvgIpc) is 3.57. The predicted octanol–water partition coefficient (Wildman–Crippen LogP) is 11.9. The van der Waals surface area contributed by atoms with E-state index >= 15 is 0 Å². The summed E-state index contributed by atoms with van der Waals surface area (Å²) in [7, 11) is 0. The summed E-state index contributed by atoms with van der Waals surface area (Å²) in [5, 5.41) is 9.42. The topological polar surface area (TPSA) is 51.8 Å². The largest absolute Gasteiger partial charge is 0.455 e. The number of rotatable bonds is 4. The lowest BCUT2D eigenvalue weighted by atomic mass is 9.96. The van der Waals surface area contributed by atoms with Crippen LogP contribution in [0, 0.1) is 0 Å². The molecule has 0 bridgehead atoms. The zero-order valence-electron chi connectivity index (χ0n) is 26.3. The summed E-state index contributed by atoms with van der Waals surface area (Å²) in [5.41, 5.74) is 6.52. The molecule has 8 aromatic carbocycles. The molecule has 10 aromatic rings. The Hall–Kier alpha value is -6.65. The maximum Gasteiger partial charge on any atom is 0.167 e. The second-order valence-electron chi connectivity index (χ2n) is 12.4. The van der Waals surface area contributed by atoms with Crippen LogP contribution in [0.3, 0.4) is 0 Å². The van der Waals surface area contributed by atoms with Gasteiger partial charge in [0.15, 0.2) is 17.5 Å². The molecule has 0 amide bonds. The first-order valence-electron chi connectivity index (χ1n) is 16.4. The molecule has 4 nitrogen and oxygen atoms in total. The number of para-hydroxylation sites is 2. The first kappa shape index (κ1) is 27.5. The third-order valence-corrected chi connectivity index (χ3v) is 9.51. The minimum atomic E-state index is 0.569. The lowest BCUT2D eigenvalue weighted by Crippen LogP contribution is -2.00. The van der Waals surface area contributed by atoms with Crippen molar-refractivity contribution in [1.29, 1.82) is 0 Å². The average molecular weight is 626 g/mol. The molecule has 0 saturated carbocycles. The summed E-state index contributed by atoms with van der Waals surface area (Å²) in [4.78, 5) is 15.3. The molecule has 0 atom stereocenters. The van der Waals surface area contributed by atoms with Gasteiger partial charge in [0.25, 0.3) is 0 Å². The molecule has 0 saturated heterocycles. The molecule has 0 aliphatic heterocycles. The Morgan fingerprint density at radius 3 is 1.78 bits per heavy atom.